The quantitative estimate of drug-likeness (QED) is 0.449. The van der Waals surface area contributed by atoms with Crippen LogP contribution in [0.2, 0.25) is 0 Å². The summed E-state index contributed by atoms with van der Waals surface area (Å²) in [7, 11) is 3.80. The van der Waals surface area contributed by atoms with Crippen molar-refractivity contribution in [1.82, 2.24) is 20.1 Å². The second-order valence-corrected chi connectivity index (χ2v) is 9.33. The molecule has 1 aliphatic heterocycles. The number of nitrogens with zero attached hydrogens (tertiary/aromatic N) is 3. The zero-order valence-electron chi connectivity index (χ0n) is 19.8. The molecular formula is C26H32N4O3S. The van der Waals surface area contributed by atoms with Gasteiger partial charge in [0.05, 0.1) is 25.8 Å². The second-order valence-electron chi connectivity index (χ2n) is 8.47. The molecule has 1 fully saturated rings. The molecule has 0 aliphatic carbocycles. The maximum absolute atomic E-state index is 12.3. The van der Waals surface area contributed by atoms with Crippen LogP contribution >= 0.6 is 11.3 Å². The molecule has 2 heterocycles. The van der Waals surface area contributed by atoms with Crippen molar-refractivity contribution < 1.29 is 14.3 Å². The minimum Gasteiger partial charge on any atom is -0.497 e. The van der Waals surface area contributed by atoms with Crippen molar-refractivity contribution in [2.24, 2.45) is 0 Å². The third kappa shape index (κ3) is 7.03. The topological polar surface area (TPSA) is 66.9 Å². The molecule has 1 amide bonds. The number of carbonyl (C=O) groups is 1. The number of ether oxygens (including phenoxy) is 2. The van der Waals surface area contributed by atoms with Crippen LogP contribution in [0.5, 0.6) is 11.5 Å². The molecule has 34 heavy (non-hydrogen) atoms. The van der Waals surface area contributed by atoms with Gasteiger partial charge in [0, 0.05) is 43.7 Å². The Bertz CT molecular complexity index is 1060. The van der Waals surface area contributed by atoms with E-state index < -0.39 is 0 Å². The van der Waals surface area contributed by atoms with Gasteiger partial charge in [-0.25, -0.2) is 4.98 Å². The van der Waals surface area contributed by atoms with Gasteiger partial charge >= 0.3 is 0 Å². The molecule has 1 aromatic heterocycles. The summed E-state index contributed by atoms with van der Waals surface area (Å²) in [5.74, 6) is 1.47. The predicted molar refractivity (Wildman–Crippen MR) is 136 cm³/mol. The van der Waals surface area contributed by atoms with Gasteiger partial charge in [0.2, 0.25) is 5.91 Å². The summed E-state index contributed by atoms with van der Waals surface area (Å²) in [6.07, 6.45) is 0.264. The third-order valence-corrected chi connectivity index (χ3v) is 6.76. The fraction of sp³-hybridized carbons (Fsp3) is 0.385. The molecule has 1 saturated heterocycles. The average molecular weight is 481 g/mol. The molecule has 0 radical (unpaired) electrons. The Morgan fingerprint density at radius 1 is 1.09 bits per heavy atom. The van der Waals surface area contributed by atoms with Gasteiger partial charge in [-0.15, -0.1) is 11.3 Å². The molecular weight excluding hydrogens is 448 g/mol. The lowest BCUT2D eigenvalue weighted by Crippen LogP contribution is -2.43. The number of thiazole rings is 1. The summed E-state index contributed by atoms with van der Waals surface area (Å²) in [5, 5.41) is 5.82. The van der Waals surface area contributed by atoms with E-state index in [1.807, 2.05) is 29.6 Å². The highest BCUT2D eigenvalue weighted by Gasteiger charge is 2.15. The number of nitrogens with one attached hydrogen (secondary N) is 1. The fourth-order valence-electron chi connectivity index (χ4n) is 3.85. The summed E-state index contributed by atoms with van der Waals surface area (Å²) in [6, 6.07) is 16.0. The molecule has 180 valence electrons. The van der Waals surface area contributed by atoms with Crippen LogP contribution in [-0.2, 0) is 17.8 Å². The van der Waals surface area contributed by atoms with E-state index >= 15 is 0 Å². The number of carbonyl (C=O) groups excluding carboxylic acids is 1. The Balaban J connectivity index is 1.23. The molecule has 1 N–H and O–H groups in total. The number of benzene rings is 2. The van der Waals surface area contributed by atoms with Crippen molar-refractivity contribution in [1.29, 1.82) is 0 Å². The SMILES string of the molecule is COc1ccc(OCCNC(=O)Cc2csc(-c3cccc(CN4CCN(C)CC4)c3)n2)cc1. The number of piperazine rings is 1. The molecule has 3 aromatic rings. The number of aromatic nitrogens is 1. The van der Waals surface area contributed by atoms with E-state index in [1.165, 1.54) is 5.56 Å². The van der Waals surface area contributed by atoms with Gasteiger partial charge in [0.25, 0.3) is 0 Å². The van der Waals surface area contributed by atoms with E-state index in [1.54, 1.807) is 18.4 Å². The zero-order valence-corrected chi connectivity index (χ0v) is 20.6. The van der Waals surface area contributed by atoms with Crippen molar-refractivity contribution in [2.75, 3.05) is 53.5 Å². The van der Waals surface area contributed by atoms with E-state index in [-0.39, 0.29) is 12.3 Å². The Hall–Kier alpha value is -2.94. The largest absolute Gasteiger partial charge is 0.497 e. The molecule has 2 aromatic carbocycles. The fourth-order valence-corrected chi connectivity index (χ4v) is 4.66. The van der Waals surface area contributed by atoms with Gasteiger partial charge in [-0.2, -0.15) is 0 Å². The summed E-state index contributed by atoms with van der Waals surface area (Å²) < 4.78 is 10.8. The third-order valence-electron chi connectivity index (χ3n) is 5.82. The van der Waals surface area contributed by atoms with Gasteiger partial charge < -0.3 is 19.7 Å². The van der Waals surface area contributed by atoms with Gasteiger partial charge in [0.15, 0.2) is 0 Å². The van der Waals surface area contributed by atoms with Crippen LogP contribution in [0.25, 0.3) is 10.6 Å². The number of amides is 1. The Kier molecular flexibility index (Phi) is 8.51. The van der Waals surface area contributed by atoms with Crippen LogP contribution in [-0.4, -0.2) is 74.2 Å². The molecule has 8 heteroatoms. The van der Waals surface area contributed by atoms with Crippen molar-refractivity contribution in [2.45, 2.75) is 13.0 Å². The highest BCUT2D eigenvalue weighted by Crippen LogP contribution is 2.25. The molecule has 7 nitrogen and oxygen atoms in total. The van der Waals surface area contributed by atoms with Crippen molar-refractivity contribution in [3.8, 4) is 22.1 Å². The highest BCUT2D eigenvalue weighted by molar-refractivity contribution is 7.13. The second kappa shape index (κ2) is 12.0. The summed E-state index contributed by atoms with van der Waals surface area (Å²) in [6.45, 7) is 6.23. The van der Waals surface area contributed by atoms with Crippen LogP contribution in [0.15, 0.2) is 53.9 Å². The first kappa shape index (κ1) is 24.2. The van der Waals surface area contributed by atoms with Gasteiger partial charge in [-0.1, -0.05) is 18.2 Å². The van der Waals surface area contributed by atoms with Crippen LogP contribution in [0.3, 0.4) is 0 Å². The first-order valence-corrected chi connectivity index (χ1v) is 12.4. The lowest BCUT2D eigenvalue weighted by atomic mass is 10.1. The standard InChI is InChI=1S/C26H32N4O3S/c1-29-11-13-30(14-12-29)18-20-4-3-5-21(16-20)26-28-22(19-34-26)17-25(31)27-10-15-33-24-8-6-23(32-2)7-9-24/h3-9,16,19H,10-15,17-18H2,1-2H3,(H,27,31). The number of rotatable bonds is 10. The van der Waals surface area contributed by atoms with E-state index in [2.05, 4.69) is 46.4 Å². The molecule has 1 aliphatic rings. The van der Waals surface area contributed by atoms with Gasteiger partial charge in [0.1, 0.15) is 23.1 Å². The monoisotopic (exact) mass is 480 g/mol. The number of hydrogen-bond acceptors (Lipinski definition) is 7. The predicted octanol–water partition coefficient (Wildman–Crippen LogP) is 3.30. The van der Waals surface area contributed by atoms with Crippen molar-refractivity contribution in [3.05, 3.63) is 65.2 Å². The molecule has 0 spiro atoms. The lowest BCUT2D eigenvalue weighted by molar-refractivity contribution is -0.120. The number of hydrogen-bond donors (Lipinski definition) is 1. The minimum absolute atomic E-state index is 0.0565. The van der Waals surface area contributed by atoms with Crippen molar-refractivity contribution >= 4 is 17.2 Å². The van der Waals surface area contributed by atoms with Crippen LogP contribution in [0, 0.1) is 0 Å². The van der Waals surface area contributed by atoms with E-state index in [0.717, 1.165) is 60.5 Å². The van der Waals surface area contributed by atoms with E-state index in [0.29, 0.717) is 13.2 Å². The minimum atomic E-state index is -0.0565. The van der Waals surface area contributed by atoms with Gasteiger partial charge in [-0.3, -0.25) is 9.69 Å². The smallest absolute Gasteiger partial charge is 0.226 e. The molecule has 0 unspecified atom stereocenters. The molecule has 0 atom stereocenters. The summed E-state index contributed by atoms with van der Waals surface area (Å²) in [4.78, 5) is 21.9. The van der Waals surface area contributed by atoms with E-state index in [4.69, 9.17) is 14.5 Å². The van der Waals surface area contributed by atoms with E-state index in [9.17, 15) is 4.79 Å². The lowest BCUT2D eigenvalue weighted by Gasteiger charge is -2.32. The van der Waals surface area contributed by atoms with Crippen LogP contribution in [0.1, 0.15) is 11.3 Å². The molecule has 4 rings (SSSR count). The Labute approximate surface area is 205 Å². The molecule has 0 bridgehead atoms. The molecule has 0 saturated carbocycles. The first-order valence-electron chi connectivity index (χ1n) is 11.6. The van der Waals surface area contributed by atoms with Gasteiger partial charge in [-0.05, 0) is 42.9 Å². The average Bonchev–Trinajstić information content (AvgIpc) is 3.32. The van der Waals surface area contributed by atoms with Crippen molar-refractivity contribution in [3.63, 3.8) is 0 Å². The summed E-state index contributed by atoms with van der Waals surface area (Å²) in [5.41, 5.74) is 3.20. The normalized spacial score (nSPS) is 14.6. The first-order chi connectivity index (χ1) is 16.6. The number of methoxy groups -OCH3 is 1. The maximum Gasteiger partial charge on any atom is 0.226 e. The Morgan fingerprint density at radius 2 is 1.85 bits per heavy atom. The number of likely N-dealkylation sites (N-methyl/N-ethyl adjacent to an activating group) is 1. The summed E-state index contributed by atoms with van der Waals surface area (Å²) >= 11 is 1.58. The zero-order chi connectivity index (χ0) is 23.8. The Morgan fingerprint density at radius 3 is 2.62 bits per heavy atom. The maximum atomic E-state index is 12.3. The highest BCUT2D eigenvalue weighted by atomic mass is 32.1. The van der Waals surface area contributed by atoms with Crippen LogP contribution in [0.4, 0.5) is 0 Å². The van der Waals surface area contributed by atoms with Crippen LogP contribution < -0.4 is 14.8 Å².